The fraction of sp³-hybridized carbons (Fsp3) is 0.846. The van der Waals surface area contributed by atoms with E-state index in [4.69, 9.17) is 14.6 Å². The standard InChI is InChI=1S/C5H10O2.C4H10O2.C2H6.C2H2/c1-6-5-2-3-7-4-5;1-4(2,5)6-3;2*1-2/h5H,2-4H2,1H3;5H,1-3H3;1-2H3;1-2H. The number of methoxy groups -OCH3 is 2. The van der Waals surface area contributed by atoms with E-state index in [1.165, 1.54) is 7.11 Å². The van der Waals surface area contributed by atoms with E-state index in [2.05, 4.69) is 17.6 Å². The van der Waals surface area contributed by atoms with Gasteiger partial charge in [0.05, 0.1) is 12.7 Å². The van der Waals surface area contributed by atoms with Gasteiger partial charge >= 0.3 is 0 Å². The molecule has 1 heterocycles. The number of terminal acetylenes is 1. The molecule has 0 radical (unpaired) electrons. The molecule has 1 fully saturated rings. The Kier molecular flexibility index (Phi) is 19.6. The van der Waals surface area contributed by atoms with Crippen LogP contribution in [0.3, 0.4) is 0 Å². The molecule has 1 N–H and O–H groups in total. The van der Waals surface area contributed by atoms with Crippen LogP contribution in [0, 0.1) is 12.8 Å². The van der Waals surface area contributed by atoms with Crippen LogP contribution in [0.1, 0.15) is 34.1 Å². The van der Waals surface area contributed by atoms with E-state index < -0.39 is 5.79 Å². The maximum Gasteiger partial charge on any atom is 0.159 e. The van der Waals surface area contributed by atoms with Crippen molar-refractivity contribution in [1.82, 2.24) is 0 Å². The number of hydrogen-bond acceptors (Lipinski definition) is 4. The largest absolute Gasteiger partial charge is 0.379 e. The van der Waals surface area contributed by atoms with Crippen molar-refractivity contribution in [3.05, 3.63) is 0 Å². The van der Waals surface area contributed by atoms with Gasteiger partial charge < -0.3 is 19.3 Å². The van der Waals surface area contributed by atoms with Gasteiger partial charge in [-0.05, 0) is 20.3 Å². The smallest absolute Gasteiger partial charge is 0.159 e. The molecular weight excluding hydrogens is 220 g/mol. The highest BCUT2D eigenvalue weighted by molar-refractivity contribution is 4.60. The van der Waals surface area contributed by atoms with Gasteiger partial charge in [-0.15, -0.1) is 12.8 Å². The van der Waals surface area contributed by atoms with Crippen LogP contribution in [0.5, 0.6) is 0 Å². The summed E-state index contributed by atoms with van der Waals surface area (Å²) in [6.07, 6.45) is 9.44. The first-order chi connectivity index (χ1) is 7.99. The van der Waals surface area contributed by atoms with Gasteiger partial charge in [0, 0.05) is 20.8 Å². The Labute approximate surface area is 106 Å². The summed E-state index contributed by atoms with van der Waals surface area (Å²) < 4.78 is 14.5. The van der Waals surface area contributed by atoms with Gasteiger partial charge in [-0.1, -0.05) is 13.8 Å². The lowest BCUT2D eigenvalue weighted by molar-refractivity contribution is -0.155. The molecule has 0 amide bonds. The summed E-state index contributed by atoms with van der Waals surface area (Å²) in [6.45, 7) is 8.81. The van der Waals surface area contributed by atoms with Crippen molar-refractivity contribution in [2.45, 2.75) is 46.0 Å². The van der Waals surface area contributed by atoms with Crippen LogP contribution >= 0.6 is 0 Å². The van der Waals surface area contributed by atoms with Gasteiger partial charge in [0.15, 0.2) is 5.79 Å². The molecule has 4 nitrogen and oxygen atoms in total. The molecule has 0 aliphatic carbocycles. The van der Waals surface area contributed by atoms with Crippen LogP contribution in [0.15, 0.2) is 0 Å². The normalized spacial score (nSPS) is 17.6. The summed E-state index contributed by atoms with van der Waals surface area (Å²) in [5.74, 6) is -0.958. The maximum absolute atomic E-state index is 8.60. The minimum atomic E-state index is -0.958. The average Bonchev–Trinajstić information content (AvgIpc) is 2.87. The molecule has 1 atom stereocenters. The van der Waals surface area contributed by atoms with E-state index in [9.17, 15) is 0 Å². The molecule has 1 aliphatic rings. The van der Waals surface area contributed by atoms with Gasteiger partial charge in [0.1, 0.15) is 0 Å². The summed E-state index contributed by atoms with van der Waals surface area (Å²) in [5.41, 5.74) is 0. The second-order valence-corrected chi connectivity index (χ2v) is 3.37. The Morgan fingerprint density at radius 1 is 1.24 bits per heavy atom. The fourth-order valence-electron chi connectivity index (χ4n) is 0.699. The van der Waals surface area contributed by atoms with Crippen molar-refractivity contribution in [3.63, 3.8) is 0 Å². The van der Waals surface area contributed by atoms with Gasteiger partial charge in [0.2, 0.25) is 0 Å². The number of hydrogen-bond donors (Lipinski definition) is 1. The first kappa shape index (κ1) is 21.7. The molecule has 1 saturated heterocycles. The summed E-state index contributed by atoms with van der Waals surface area (Å²) in [7, 11) is 3.18. The third-order valence-electron chi connectivity index (χ3n) is 1.72. The van der Waals surface area contributed by atoms with Crippen molar-refractivity contribution in [2.24, 2.45) is 0 Å². The van der Waals surface area contributed by atoms with E-state index >= 15 is 0 Å². The fourth-order valence-corrected chi connectivity index (χ4v) is 0.699. The molecule has 1 aliphatic heterocycles. The van der Waals surface area contributed by atoms with Crippen molar-refractivity contribution in [2.75, 3.05) is 27.4 Å². The average molecular weight is 248 g/mol. The van der Waals surface area contributed by atoms with Crippen molar-refractivity contribution >= 4 is 0 Å². The highest BCUT2D eigenvalue weighted by atomic mass is 16.6. The zero-order chi connectivity index (χ0) is 14.3. The van der Waals surface area contributed by atoms with E-state index in [0.29, 0.717) is 6.10 Å². The van der Waals surface area contributed by atoms with Crippen molar-refractivity contribution in [3.8, 4) is 12.8 Å². The van der Waals surface area contributed by atoms with Crippen LogP contribution in [-0.2, 0) is 14.2 Å². The first-order valence-corrected chi connectivity index (χ1v) is 5.71. The molecule has 0 aromatic heterocycles. The summed E-state index contributed by atoms with van der Waals surface area (Å²) in [4.78, 5) is 0. The van der Waals surface area contributed by atoms with Crippen LogP contribution in [0.4, 0.5) is 0 Å². The zero-order valence-electron chi connectivity index (χ0n) is 12.0. The van der Waals surface area contributed by atoms with E-state index in [1.54, 1.807) is 21.0 Å². The summed E-state index contributed by atoms with van der Waals surface area (Å²) in [6, 6.07) is 0. The first-order valence-electron chi connectivity index (χ1n) is 5.71. The Morgan fingerprint density at radius 3 is 1.76 bits per heavy atom. The molecule has 0 aromatic carbocycles. The molecule has 4 heteroatoms. The predicted molar refractivity (Wildman–Crippen MR) is 70.8 cm³/mol. The molecule has 0 aromatic rings. The zero-order valence-corrected chi connectivity index (χ0v) is 12.0. The number of ether oxygens (including phenoxy) is 3. The third kappa shape index (κ3) is 21.3. The second kappa shape index (κ2) is 15.4. The van der Waals surface area contributed by atoms with E-state index in [-0.39, 0.29) is 0 Å². The molecule has 0 spiro atoms. The van der Waals surface area contributed by atoms with Crippen LogP contribution in [-0.4, -0.2) is 44.4 Å². The Morgan fingerprint density at radius 2 is 1.65 bits per heavy atom. The van der Waals surface area contributed by atoms with E-state index in [1.807, 2.05) is 13.8 Å². The monoisotopic (exact) mass is 248 g/mol. The minimum Gasteiger partial charge on any atom is -0.379 e. The molecule has 0 saturated carbocycles. The minimum absolute atomic E-state index is 0.375. The quantitative estimate of drug-likeness (QED) is 0.600. The lowest BCUT2D eigenvalue weighted by atomic mass is 10.3. The van der Waals surface area contributed by atoms with Crippen LogP contribution in [0.25, 0.3) is 0 Å². The Bertz CT molecular complexity index is 143. The van der Waals surface area contributed by atoms with Gasteiger partial charge in [-0.2, -0.15) is 0 Å². The number of aliphatic hydroxyl groups is 1. The summed E-state index contributed by atoms with van der Waals surface area (Å²) >= 11 is 0. The maximum atomic E-state index is 8.60. The Balaban J connectivity index is -0.000000180. The SMILES string of the molecule is C#C.CC.COC(C)(C)O.COC1CCOC1. The van der Waals surface area contributed by atoms with Crippen LogP contribution < -0.4 is 0 Å². The molecule has 1 rings (SSSR count). The lowest BCUT2D eigenvalue weighted by Crippen LogP contribution is -2.20. The second-order valence-electron chi connectivity index (χ2n) is 3.37. The molecule has 0 bridgehead atoms. The van der Waals surface area contributed by atoms with Crippen LogP contribution in [0.2, 0.25) is 0 Å². The van der Waals surface area contributed by atoms with Gasteiger partial charge in [-0.25, -0.2) is 0 Å². The highest BCUT2D eigenvalue weighted by Gasteiger charge is 2.12. The molecule has 104 valence electrons. The molecular formula is C13H28O4. The van der Waals surface area contributed by atoms with Gasteiger partial charge in [0.25, 0.3) is 0 Å². The number of rotatable bonds is 2. The topological polar surface area (TPSA) is 47.9 Å². The lowest BCUT2D eigenvalue weighted by Gasteiger charge is -2.12. The van der Waals surface area contributed by atoms with E-state index in [0.717, 1.165) is 19.6 Å². The van der Waals surface area contributed by atoms with Gasteiger partial charge in [-0.3, -0.25) is 0 Å². The highest BCUT2D eigenvalue weighted by Crippen LogP contribution is 2.05. The molecule has 1 unspecified atom stereocenters. The van der Waals surface area contributed by atoms with Crippen molar-refractivity contribution < 1.29 is 19.3 Å². The third-order valence-corrected chi connectivity index (χ3v) is 1.72. The Hall–Kier alpha value is -0.600. The molecule has 17 heavy (non-hydrogen) atoms. The predicted octanol–water partition coefficient (Wildman–Crippen LogP) is 2.06. The summed E-state index contributed by atoms with van der Waals surface area (Å²) in [5, 5.41) is 8.60. The van der Waals surface area contributed by atoms with Crippen molar-refractivity contribution in [1.29, 1.82) is 0 Å².